The number of hydrogen-bond donors (Lipinski definition) is 1. The van der Waals surface area contributed by atoms with Gasteiger partial charge in [-0.3, -0.25) is 0 Å². The largest absolute Gasteiger partial charge is 0.508 e. The van der Waals surface area contributed by atoms with Crippen molar-refractivity contribution in [1.82, 2.24) is 9.55 Å². The minimum absolute atomic E-state index is 0.0678. The highest BCUT2D eigenvalue weighted by atomic mass is 32.2. The van der Waals surface area contributed by atoms with Crippen molar-refractivity contribution in [1.29, 1.82) is 0 Å². The lowest BCUT2D eigenvalue weighted by molar-refractivity contribution is 0.473. The van der Waals surface area contributed by atoms with Crippen LogP contribution in [-0.2, 0) is 12.3 Å². The molecule has 0 saturated heterocycles. The van der Waals surface area contributed by atoms with Crippen molar-refractivity contribution in [2.24, 2.45) is 0 Å². The van der Waals surface area contributed by atoms with Crippen LogP contribution in [0.5, 0.6) is 5.75 Å². The third kappa shape index (κ3) is 2.99. The van der Waals surface area contributed by atoms with E-state index >= 15 is 0 Å². The van der Waals surface area contributed by atoms with E-state index in [9.17, 15) is 9.90 Å². The van der Waals surface area contributed by atoms with Crippen LogP contribution in [0.1, 0.15) is 5.56 Å². The third-order valence-electron chi connectivity index (χ3n) is 4.10. The molecule has 0 atom stereocenters. The van der Waals surface area contributed by atoms with Gasteiger partial charge in [0.15, 0.2) is 5.16 Å². The summed E-state index contributed by atoms with van der Waals surface area (Å²) in [6.45, 7) is 4.49. The van der Waals surface area contributed by atoms with Gasteiger partial charge in [0.05, 0.1) is 11.0 Å². The fourth-order valence-corrected chi connectivity index (χ4v) is 3.96. The smallest absolute Gasteiger partial charge is 0.336 e. The van der Waals surface area contributed by atoms with Crippen LogP contribution in [0, 0.1) is 0 Å². The van der Waals surface area contributed by atoms with Crippen LogP contribution in [0.25, 0.3) is 22.0 Å². The summed E-state index contributed by atoms with van der Waals surface area (Å²) >= 11 is 1.55. The number of aromatic nitrogens is 2. The van der Waals surface area contributed by atoms with Crippen LogP contribution in [-0.4, -0.2) is 14.7 Å². The predicted octanol–water partition coefficient (Wildman–Crippen LogP) is 4.33. The van der Waals surface area contributed by atoms with Gasteiger partial charge in [0, 0.05) is 29.8 Å². The molecule has 0 unspecified atom stereocenters. The SMILES string of the molecule is C=CCn1c(SCc2cc(=O)oc3cc(O)ccc23)nc2ccccc21. The molecule has 2 aromatic heterocycles. The number of aromatic hydroxyl groups is 1. The molecular weight excluding hydrogens is 348 g/mol. The number of para-hydroxylation sites is 2. The van der Waals surface area contributed by atoms with Gasteiger partial charge in [0.25, 0.3) is 0 Å². The molecule has 4 rings (SSSR count). The quantitative estimate of drug-likeness (QED) is 0.324. The second-order valence-corrected chi connectivity index (χ2v) is 6.78. The van der Waals surface area contributed by atoms with Gasteiger partial charge >= 0.3 is 5.63 Å². The average Bonchev–Trinajstić information content (AvgIpc) is 2.97. The summed E-state index contributed by atoms with van der Waals surface area (Å²) < 4.78 is 7.29. The molecule has 0 bridgehead atoms. The number of imidazole rings is 1. The van der Waals surface area contributed by atoms with Crippen LogP contribution < -0.4 is 5.63 Å². The molecule has 0 fully saturated rings. The predicted molar refractivity (Wildman–Crippen MR) is 104 cm³/mol. The van der Waals surface area contributed by atoms with E-state index < -0.39 is 5.63 Å². The molecule has 0 radical (unpaired) electrons. The van der Waals surface area contributed by atoms with Crippen molar-refractivity contribution in [3.05, 3.63) is 77.2 Å². The summed E-state index contributed by atoms with van der Waals surface area (Å²) in [5.74, 6) is 0.631. The molecular formula is C20H16N2O3S. The lowest BCUT2D eigenvalue weighted by Gasteiger charge is -2.08. The van der Waals surface area contributed by atoms with E-state index in [2.05, 4.69) is 11.1 Å². The zero-order valence-electron chi connectivity index (χ0n) is 13.9. The molecule has 130 valence electrons. The summed E-state index contributed by atoms with van der Waals surface area (Å²) in [7, 11) is 0. The van der Waals surface area contributed by atoms with Crippen LogP contribution in [0.15, 0.2) is 75.6 Å². The van der Waals surface area contributed by atoms with Gasteiger partial charge in [-0.2, -0.15) is 0 Å². The summed E-state index contributed by atoms with van der Waals surface area (Å²) in [4.78, 5) is 16.5. The number of phenols is 1. The molecule has 0 spiro atoms. The molecule has 26 heavy (non-hydrogen) atoms. The van der Waals surface area contributed by atoms with Gasteiger partial charge in [-0.05, 0) is 29.8 Å². The van der Waals surface area contributed by atoms with Crippen LogP contribution in [0.4, 0.5) is 0 Å². The first-order valence-corrected chi connectivity index (χ1v) is 9.09. The first-order chi connectivity index (χ1) is 12.7. The Labute approximate surface area is 153 Å². The Bertz CT molecular complexity index is 1180. The molecule has 0 aliphatic heterocycles. The van der Waals surface area contributed by atoms with Crippen molar-refractivity contribution in [3.8, 4) is 5.75 Å². The minimum atomic E-state index is -0.432. The topological polar surface area (TPSA) is 68.3 Å². The summed E-state index contributed by atoms with van der Waals surface area (Å²) in [5.41, 5.74) is 2.78. The van der Waals surface area contributed by atoms with Crippen LogP contribution >= 0.6 is 11.8 Å². The molecule has 0 aliphatic rings. The third-order valence-corrected chi connectivity index (χ3v) is 5.13. The molecule has 0 amide bonds. The molecule has 5 nitrogen and oxygen atoms in total. The maximum atomic E-state index is 11.8. The Morgan fingerprint density at radius 3 is 2.92 bits per heavy atom. The van der Waals surface area contributed by atoms with Crippen LogP contribution in [0.2, 0.25) is 0 Å². The Morgan fingerprint density at radius 1 is 1.23 bits per heavy atom. The minimum Gasteiger partial charge on any atom is -0.508 e. The Kier molecular flexibility index (Phi) is 4.26. The number of nitrogens with zero attached hydrogens (tertiary/aromatic N) is 2. The second kappa shape index (κ2) is 6.72. The average molecular weight is 364 g/mol. The number of benzene rings is 2. The number of rotatable bonds is 5. The lowest BCUT2D eigenvalue weighted by Crippen LogP contribution is -2.01. The van der Waals surface area contributed by atoms with Gasteiger partial charge in [-0.15, -0.1) is 6.58 Å². The highest BCUT2D eigenvalue weighted by molar-refractivity contribution is 7.98. The van der Waals surface area contributed by atoms with E-state index in [0.717, 1.165) is 27.1 Å². The number of thioether (sulfide) groups is 1. The maximum Gasteiger partial charge on any atom is 0.336 e. The Morgan fingerprint density at radius 2 is 2.08 bits per heavy atom. The fraction of sp³-hybridized carbons (Fsp3) is 0.100. The zero-order valence-corrected chi connectivity index (χ0v) is 14.7. The second-order valence-electron chi connectivity index (χ2n) is 5.84. The summed E-state index contributed by atoms with van der Waals surface area (Å²) in [6, 6.07) is 14.3. The number of allylic oxidation sites excluding steroid dienone is 1. The zero-order chi connectivity index (χ0) is 18.1. The molecule has 0 saturated carbocycles. The normalized spacial score (nSPS) is 11.2. The van der Waals surface area contributed by atoms with E-state index in [1.54, 1.807) is 23.9 Å². The van der Waals surface area contributed by atoms with E-state index in [4.69, 9.17) is 9.40 Å². The van der Waals surface area contributed by atoms with Crippen molar-refractivity contribution in [2.45, 2.75) is 17.5 Å². The van der Waals surface area contributed by atoms with E-state index in [-0.39, 0.29) is 5.75 Å². The number of phenolic OH excluding ortho intramolecular Hbond substituents is 1. The monoisotopic (exact) mass is 364 g/mol. The van der Waals surface area contributed by atoms with Gasteiger partial charge in [-0.25, -0.2) is 9.78 Å². The van der Waals surface area contributed by atoms with E-state index in [0.29, 0.717) is 17.9 Å². The summed E-state index contributed by atoms with van der Waals surface area (Å²) in [5, 5.41) is 11.3. The van der Waals surface area contributed by atoms with Crippen molar-refractivity contribution in [2.75, 3.05) is 0 Å². The number of fused-ring (bicyclic) bond motifs is 2. The Balaban J connectivity index is 1.73. The van der Waals surface area contributed by atoms with E-state index in [1.807, 2.05) is 30.3 Å². The Hall–Kier alpha value is -2.99. The van der Waals surface area contributed by atoms with Crippen molar-refractivity contribution < 1.29 is 9.52 Å². The first-order valence-electron chi connectivity index (χ1n) is 8.10. The molecule has 4 aromatic rings. The first kappa shape index (κ1) is 16.5. The molecule has 6 heteroatoms. The van der Waals surface area contributed by atoms with Crippen molar-refractivity contribution in [3.63, 3.8) is 0 Å². The molecule has 2 aromatic carbocycles. The fourth-order valence-electron chi connectivity index (χ4n) is 2.95. The lowest BCUT2D eigenvalue weighted by atomic mass is 10.1. The van der Waals surface area contributed by atoms with E-state index in [1.165, 1.54) is 12.1 Å². The van der Waals surface area contributed by atoms with Crippen molar-refractivity contribution >= 4 is 33.8 Å². The molecule has 0 aliphatic carbocycles. The number of hydrogen-bond acceptors (Lipinski definition) is 5. The highest BCUT2D eigenvalue weighted by Gasteiger charge is 2.12. The van der Waals surface area contributed by atoms with Gasteiger partial charge < -0.3 is 14.1 Å². The van der Waals surface area contributed by atoms with Gasteiger partial charge in [-0.1, -0.05) is 30.0 Å². The highest BCUT2D eigenvalue weighted by Crippen LogP contribution is 2.30. The van der Waals surface area contributed by atoms with Gasteiger partial charge in [0.2, 0.25) is 0 Å². The summed E-state index contributed by atoms with van der Waals surface area (Å²) in [6.07, 6.45) is 1.84. The van der Waals surface area contributed by atoms with Gasteiger partial charge in [0.1, 0.15) is 11.3 Å². The molecule has 2 heterocycles. The van der Waals surface area contributed by atoms with Crippen LogP contribution in [0.3, 0.4) is 0 Å². The standard InChI is InChI=1S/C20H16N2O3S/c1-2-9-22-17-6-4-3-5-16(17)21-20(22)26-12-13-10-19(24)25-18-11-14(23)7-8-15(13)18/h2-8,10-11,23H,1,9,12H2. The molecule has 1 N–H and O–H groups in total. The maximum absolute atomic E-state index is 11.8.